The molecule has 0 N–H and O–H groups in total. The third kappa shape index (κ3) is 3.04. The first kappa shape index (κ1) is 18.9. The molecule has 8 heteroatoms. The molecule has 6 aliphatic heterocycles. The second-order valence-electron chi connectivity index (χ2n) is 9.12. The number of hydrogen-bond acceptors (Lipinski definition) is 6. The Kier molecular flexibility index (Phi) is 4.58. The minimum absolute atomic E-state index is 0.0657. The molecule has 7 rings (SSSR count). The number of carbonyl (C=O) groups excluding carboxylic acids is 2. The average molecular weight is 400 g/mol. The number of Topliss-reactive ketones (excluding diaryl/α,β-unsaturated/α-hetero) is 2. The van der Waals surface area contributed by atoms with Crippen LogP contribution in [0.15, 0.2) is 15.8 Å². The van der Waals surface area contributed by atoms with Gasteiger partial charge in [-0.1, -0.05) is 0 Å². The summed E-state index contributed by atoms with van der Waals surface area (Å²) in [5.41, 5.74) is -0.276. The maximum Gasteiger partial charge on any atom is 0.331 e. The highest BCUT2D eigenvalue weighted by molar-refractivity contribution is 5.88. The molecule has 1 aromatic heterocycles. The number of piperidine rings is 6. The summed E-state index contributed by atoms with van der Waals surface area (Å²) in [6, 6.07) is -0.680. The quantitative estimate of drug-likeness (QED) is 0.687. The molecular weight excluding hydrogens is 372 g/mol. The molecule has 0 radical (unpaired) electrons. The second-order valence-corrected chi connectivity index (χ2v) is 9.12. The molecule has 4 bridgehead atoms. The summed E-state index contributed by atoms with van der Waals surface area (Å²) in [7, 11) is 0. The van der Waals surface area contributed by atoms with E-state index >= 15 is 0 Å². The molecule has 7 heterocycles. The van der Waals surface area contributed by atoms with E-state index in [1.807, 2.05) is 0 Å². The maximum atomic E-state index is 13.2. The van der Waals surface area contributed by atoms with Gasteiger partial charge in [0.25, 0.3) is 5.56 Å². The number of ketones is 2. The molecule has 2 unspecified atom stereocenters. The minimum atomic E-state index is -0.411. The topological polar surface area (TPSA) is 84.6 Å². The molecule has 2 atom stereocenters. The molecular formula is C21H28N4O4. The molecule has 156 valence electrons. The number of hydrogen-bond donors (Lipinski definition) is 0. The molecule has 0 spiro atoms. The van der Waals surface area contributed by atoms with E-state index < -0.39 is 5.69 Å². The van der Waals surface area contributed by atoms with Crippen molar-refractivity contribution in [3.05, 3.63) is 32.6 Å². The van der Waals surface area contributed by atoms with Gasteiger partial charge in [-0.25, -0.2) is 4.79 Å². The Morgan fingerprint density at radius 2 is 1.28 bits per heavy atom. The van der Waals surface area contributed by atoms with Gasteiger partial charge in [0.05, 0.1) is 18.6 Å². The summed E-state index contributed by atoms with van der Waals surface area (Å²) >= 11 is 0. The Balaban J connectivity index is 1.45. The van der Waals surface area contributed by atoms with Crippen molar-refractivity contribution in [1.82, 2.24) is 18.9 Å². The van der Waals surface area contributed by atoms with Gasteiger partial charge in [0.15, 0.2) is 11.6 Å². The fraction of sp³-hybridized carbons (Fsp3) is 0.714. The number of aryl methyl sites for hydroxylation is 1. The molecule has 6 saturated heterocycles. The van der Waals surface area contributed by atoms with Gasteiger partial charge in [-0.3, -0.25) is 33.3 Å². The number of aromatic nitrogens is 2. The van der Waals surface area contributed by atoms with E-state index in [2.05, 4.69) is 9.80 Å². The van der Waals surface area contributed by atoms with Crippen LogP contribution >= 0.6 is 0 Å². The predicted molar refractivity (Wildman–Crippen MR) is 106 cm³/mol. The average Bonchev–Trinajstić information content (AvgIpc) is 2.74. The van der Waals surface area contributed by atoms with Crippen LogP contribution in [0.1, 0.15) is 31.2 Å². The van der Waals surface area contributed by atoms with Crippen molar-refractivity contribution in [2.75, 3.05) is 26.2 Å². The zero-order valence-electron chi connectivity index (χ0n) is 16.9. The first-order valence-electron chi connectivity index (χ1n) is 10.8. The fourth-order valence-electron chi connectivity index (χ4n) is 5.76. The lowest BCUT2D eigenvalue weighted by Crippen LogP contribution is -2.60. The van der Waals surface area contributed by atoms with Gasteiger partial charge in [0, 0.05) is 30.1 Å². The molecule has 0 aromatic carbocycles. The molecule has 0 saturated carbocycles. The van der Waals surface area contributed by atoms with Crippen LogP contribution in [0.3, 0.4) is 0 Å². The number of nitrogens with zero attached hydrogens (tertiary/aromatic N) is 4. The van der Waals surface area contributed by atoms with E-state index in [1.54, 1.807) is 13.1 Å². The van der Waals surface area contributed by atoms with Crippen LogP contribution in [0.5, 0.6) is 0 Å². The van der Waals surface area contributed by atoms with E-state index in [1.165, 1.54) is 9.13 Å². The Morgan fingerprint density at radius 1 is 0.793 bits per heavy atom. The summed E-state index contributed by atoms with van der Waals surface area (Å²) in [5.74, 6) is 0.551. The number of fused-ring (bicyclic) bond motifs is 6. The van der Waals surface area contributed by atoms with E-state index in [-0.39, 0.29) is 54.1 Å². The lowest BCUT2D eigenvalue weighted by molar-refractivity contribution is -0.138. The third-order valence-electron chi connectivity index (χ3n) is 7.54. The van der Waals surface area contributed by atoms with Gasteiger partial charge in [-0.15, -0.1) is 0 Å². The molecule has 6 fully saturated rings. The molecule has 1 aromatic rings. The Morgan fingerprint density at radius 3 is 1.76 bits per heavy atom. The van der Waals surface area contributed by atoms with Crippen LogP contribution in [0.4, 0.5) is 0 Å². The van der Waals surface area contributed by atoms with Crippen molar-refractivity contribution in [3.63, 3.8) is 0 Å². The van der Waals surface area contributed by atoms with Gasteiger partial charge in [0.2, 0.25) is 0 Å². The lowest BCUT2D eigenvalue weighted by atomic mass is 9.82. The van der Waals surface area contributed by atoms with Crippen molar-refractivity contribution in [3.8, 4) is 0 Å². The smallest absolute Gasteiger partial charge is 0.298 e. The number of carbonyl (C=O) groups is 2. The Labute approximate surface area is 169 Å². The molecule has 6 aliphatic rings. The van der Waals surface area contributed by atoms with Gasteiger partial charge >= 0.3 is 5.69 Å². The summed E-state index contributed by atoms with van der Waals surface area (Å²) in [6.07, 6.45) is 5.15. The molecule has 0 aliphatic carbocycles. The summed E-state index contributed by atoms with van der Waals surface area (Å²) in [4.78, 5) is 55.6. The lowest BCUT2D eigenvalue weighted by Gasteiger charge is -2.44. The summed E-state index contributed by atoms with van der Waals surface area (Å²) in [5, 5.41) is 0. The van der Waals surface area contributed by atoms with E-state index in [9.17, 15) is 19.2 Å². The zero-order chi connectivity index (χ0) is 20.3. The van der Waals surface area contributed by atoms with Crippen molar-refractivity contribution < 1.29 is 9.59 Å². The first-order valence-corrected chi connectivity index (χ1v) is 10.8. The third-order valence-corrected chi connectivity index (χ3v) is 7.54. The summed E-state index contributed by atoms with van der Waals surface area (Å²) < 4.78 is 2.74. The van der Waals surface area contributed by atoms with E-state index in [0.29, 0.717) is 5.56 Å². The fourth-order valence-corrected chi connectivity index (χ4v) is 5.76. The van der Waals surface area contributed by atoms with Crippen LogP contribution in [0.2, 0.25) is 0 Å². The number of rotatable bonds is 4. The van der Waals surface area contributed by atoms with Gasteiger partial charge in [0.1, 0.15) is 0 Å². The van der Waals surface area contributed by atoms with Crippen LogP contribution in [0.25, 0.3) is 0 Å². The molecule has 29 heavy (non-hydrogen) atoms. The van der Waals surface area contributed by atoms with Crippen LogP contribution in [0, 0.1) is 18.8 Å². The first-order chi connectivity index (χ1) is 13.9. The highest BCUT2D eigenvalue weighted by Gasteiger charge is 2.42. The monoisotopic (exact) mass is 400 g/mol. The SMILES string of the molecule is Cc1cn(CC2C(=O)C3CCN2CC3)c(=O)n(CC2C(=O)C3CCN2CC3)c1=O. The predicted octanol–water partition coefficient (Wildman–Crippen LogP) is -0.355. The molecule has 0 amide bonds. The second kappa shape index (κ2) is 7.02. The Hall–Kier alpha value is -2.06. The highest BCUT2D eigenvalue weighted by atomic mass is 16.2. The van der Waals surface area contributed by atoms with Crippen molar-refractivity contribution >= 4 is 11.6 Å². The highest BCUT2D eigenvalue weighted by Crippen LogP contribution is 2.30. The van der Waals surface area contributed by atoms with Gasteiger partial charge < -0.3 is 0 Å². The van der Waals surface area contributed by atoms with E-state index in [0.717, 1.165) is 51.9 Å². The zero-order valence-corrected chi connectivity index (χ0v) is 16.9. The minimum Gasteiger partial charge on any atom is -0.298 e. The van der Waals surface area contributed by atoms with Crippen molar-refractivity contribution in [2.45, 2.75) is 57.8 Å². The van der Waals surface area contributed by atoms with Crippen LogP contribution in [-0.2, 0) is 22.7 Å². The Bertz CT molecular complexity index is 964. The van der Waals surface area contributed by atoms with Crippen molar-refractivity contribution in [2.24, 2.45) is 11.8 Å². The van der Waals surface area contributed by atoms with Crippen LogP contribution < -0.4 is 11.2 Å². The standard InChI is InChI=1S/C21H28N4O4/c1-13-10-24(11-16-18(26)14-2-6-22(16)7-3-14)21(29)25(20(13)28)12-17-19(27)15-4-8-23(17)9-5-15/h10,14-17H,2-9,11-12H2,1H3. The van der Waals surface area contributed by atoms with Crippen LogP contribution in [-0.4, -0.2) is 68.8 Å². The van der Waals surface area contributed by atoms with Gasteiger partial charge in [-0.2, -0.15) is 0 Å². The van der Waals surface area contributed by atoms with Gasteiger partial charge in [-0.05, 0) is 58.8 Å². The largest absolute Gasteiger partial charge is 0.331 e. The summed E-state index contributed by atoms with van der Waals surface area (Å²) in [6.45, 7) is 5.56. The normalized spacial score (nSPS) is 36.0. The maximum absolute atomic E-state index is 13.2. The van der Waals surface area contributed by atoms with Crippen molar-refractivity contribution in [1.29, 1.82) is 0 Å². The molecule has 8 nitrogen and oxygen atoms in total. The van der Waals surface area contributed by atoms with E-state index in [4.69, 9.17) is 0 Å².